The van der Waals surface area contributed by atoms with E-state index in [9.17, 15) is 0 Å². The Bertz CT molecular complexity index is 599. The van der Waals surface area contributed by atoms with Crippen molar-refractivity contribution in [3.63, 3.8) is 0 Å². The summed E-state index contributed by atoms with van der Waals surface area (Å²) in [6.45, 7) is 5.41. The van der Waals surface area contributed by atoms with Crippen LogP contribution in [0.5, 0.6) is 5.88 Å². The highest BCUT2D eigenvalue weighted by molar-refractivity contribution is 5.43. The molecule has 3 rings (SSSR count). The number of aryl methyl sites for hydroxylation is 1. The van der Waals surface area contributed by atoms with Crippen molar-refractivity contribution in [3.8, 4) is 5.88 Å². The third-order valence-corrected chi connectivity index (χ3v) is 3.63. The number of anilines is 1. The normalized spacial score (nSPS) is 18.8. The molecule has 1 unspecified atom stereocenters. The Balaban J connectivity index is 1.88. The largest absolute Gasteiger partial charge is 0.478 e. The Hall–Kier alpha value is -2.18. The number of nitrogens with one attached hydrogen (secondary N) is 1. The van der Waals surface area contributed by atoms with Gasteiger partial charge < -0.3 is 9.64 Å². The van der Waals surface area contributed by atoms with E-state index < -0.39 is 0 Å². The van der Waals surface area contributed by atoms with Gasteiger partial charge in [-0.05, 0) is 33.1 Å². The fourth-order valence-corrected chi connectivity index (χ4v) is 2.70. The van der Waals surface area contributed by atoms with Crippen molar-refractivity contribution in [2.45, 2.75) is 39.2 Å². The summed E-state index contributed by atoms with van der Waals surface area (Å²) in [6.07, 6.45) is 4.91. The molecule has 2 aromatic heterocycles. The zero-order valence-corrected chi connectivity index (χ0v) is 12.4. The highest BCUT2D eigenvalue weighted by Gasteiger charge is 2.28. The smallest absolute Gasteiger partial charge is 0.218 e. The minimum Gasteiger partial charge on any atom is -0.478 e. The third-order valence-electron chi connectivity index (χ3n) is 3.63. The molecule has 2 aromatic rings. The number of aromatic nitrogens is 5. The first kappa shape index (κ1) is 13.8. The molecule has 0 saturated carbocycles. The predicted molar refractivity (Wildman–Crippen MR) is 78.3 cm³/mol. The van der Waals surface area contributed by atoms with Crippen LogP contribution in [0.15, 0.2) is 12.4 Å². The molecule has 3 heterocycles. The lowest BCUT2D eigenvalue weighted by Crippen LogP contribution is -2.34. The first-order valence-corrected chi connectivity index (χ1v) is 7.38. The molecular weight excluding hydrogens is 268 g/mol. The maximum absolute atomic E-state index is 5.47. The van der Waals surface area contributed by atoms with Crippen LogP contribution in [0, 0.1) is 6.92 Å². The minimum atomic E-state index is 0.160. The lowest BCUT2D eigenvalue weighted by molar-refractivity contribution is 0.325. The van der Waals surface area contributed by atoms with Crippen LogP contribution in [0.3, 0.4) is 0 Å². The fraction of sp³-hybridized carbons (Fsp3) is 0.571. The zero-order valence-electron chi connectivity index (χ0n) is 12.4. The summed E-state index contributed by atoms with van der Waals surface area (Å²) in [5, 5.41) is 7.25. The van der Waals surface area contributed by atoms with Crippen molar-refractivity contribution >= 4 is 5.82 Å². The van der Waals surface area contributed by atoms with Gasteiger partial charge in [-0.2, -0.15) is 5.10 Å². The average Bonchev–Trinajstić information content (AvgIpc) is 2.94. The SMILES string of the molecule is CCOc1cc(N2CCCCC2c2n[nH]c(C)n2)ncn1. The summed E-state index contributed by atoms with van der Waals surface area (Å²) < 4.78 is 5.47. The molecule has 1 aliphatic heterocycles. The highest BCUT2D eigenvalue weighted by Crippen LogP contribution is 2.33. The second-order valence-electron chi connectivity index (χ2n) is 5.13. The minimum absolute atomic E-state index is 0.160. The number of aromatic amines is 1. The Labute approximate surface area is 123 Å². The van der Waals surface area contributed by atoms with Crippen LogP contribution in [0.1, 0.15) is 43.9 Å². The number of H-pyrrole nitrogens is 1. The van der Waals surface area contributed by atoms with E-state index >= 15 is 0 Å². The number of piperidine rings is 1. The maximum atomic E-state index is 5.47. The standard InChI is InChI=1S/C14H20N6O/c1-3-21-13-8-12(15-9-16-13)20-7-5-4-6-11(20)14-17-10(2)18-19-14/h8-9,11H,3-7H2,1-2H3,(H,17,18,19). The number of hydrogen-bond donors (Lipinski definition) is 1. The number of hydrogen-bond acceptors (Lipinski definition) is 6. The van der Waals surface area contributed by atoms with Gasteiger partial charge in [0, 0.05) is 12.6 Å². The molecule has 112 valence electrons. The predicted octanol–water partition coefficient (Wildman–Crippen LogP) is 2.03. The van der Waals surface area contributed by atoms with Crippen LogP contribution in [-0.4, -0.2) is 38.3 Å². The summed E-state index contributed by atoms with van der Waals surface area (Å²) in [7, 11) is 0. The highest BCUT2D eigenvalue weighted by atomic mass is 16.5. The summed E-state index contributed by atoms with van der Waals surface area (Å²) in [6, 6.07) is 2.05. The Morgan fingerprint density at radius 1 is 1.38 bits per heavy atom. The van der Waals surface area contributed by atoms with Gasteiger partial charge in [0.2, 0.25) is 5.88 Å². The topological polar surface area (TPSA) is 79.8 Å². The van der Waals surface area contributed by atoms with Gasteiger partial charge in [0.25, 0.3) is 0 Å². The van der Waals surface area contributed by atoms with E-state index in [1.54, 1.807) is 6.33 Å². The molecule has 0 aromatic carbocycles. The van der Waals surface area contributed by atoms with Crippen LogP contribution in [0.25, 0.3) is 0 Å². The van der Waals surface area contributed by atoms with Gasteiger partial charge in [-0.1, -0.05) is 0 Å². The van der Waals surface area contributed by atoms with E-state index in [1.807, 2.05) is 19.9 Å². The molecule has 21 heavy (non-hydrogen) atoms. The lowest BCUT2D eigenvalue weighted by Gasteiger charge is -2.34. The molecule has 1 aliphatic rings. The molecule has 1 atom stereocenters. The molecular formula is C14H20N6O. The Morgan fingerprint density at radius 2 is 2.29 bits per heavy atom. The molecule has 0 amide bonds. The monoisotopic (exact) mass is 288 g/mol. The van der Waals surface area contributed by atoms with Gasteiger partial charge in [0.05, 0.1) is 12.6 Å². The Morgan fingerprint density at radius 3 is 3.05 bits per heavy atom. The molecule has 1 saturated heterocycles. The van der Waals surface area contributed by atoms with Crippen molar-refractivity contribution in [1.29, 1.82) is 0 Å². The van der Waals surface area contributed by atoms with Gasteiger partial charge in [0.1, 0.15) is 18.0 Å². The van der Waals surface area contributed by atoms with E-state index in [2.05, 4.69) is 30.0 Å². The van der Waals surface area contributed by atoms with Crippen LogP contribution in [0.4, 0.5) is 5.82 Å². The fourth-order valence-electron chi connectivity index (χ4n) is 2.70. The van der Waals surface area contributed by atoms with E-state index in [4.69, 9.17) is 4.74 Å². The molecule has 7 nitrogen and oxygen atoms in total. The molecule has 1 fully saturated rings. The molecule has 0 radical (unpaired) electrons. The Kier molecular flexibility index (Phi) is 3.98. The summed E-state index contributed by atoms with van der Waals surface area (Å²) >= 11 is 0. The third kappa shape index (κ3) is 2.96. The van der Waals surface area contributed by atoms with E-state index in [0.29, 0.717) is 12.5 Å². The van der Waals surface area contributed by atoms with Gasteiger partial charge in [-0.25, -0.2) is 15.0 Å². The summed E-state index contributed by atoms with van der Waals surface area (Å²) in [4.78, 5) is 15.3. The van der Waals surface area contributed by atoms with Crippen LogP contribution < -0.4 is 9.64 Å². The van der Waals surface area contributed by atoms with Crippen molar-refractivity contribution in [1.82, 2.24) is 25.1 Å². The molecule has 0 aliphatic carbocycles. The van der Waals surface area contributed by atoms with Crippen molar-refractivity contribution in [3.05, 3.63) is 24.0 Å². The van der Waals surface area contributed by atoms with Crippen molar-refractivity contribution in [2.75, 3.05) is 18.1 Å². The lowest BCUT2D eigenvalue weighted by atomic mass is 10.0. The summed E-state index contributed by atoms with van der Waals surface area (Å²) in [5.41, 5.74) is 0. The molecule has 0 bridgehead atoms. The second-order valence-corrected chi connectivity index (χ2v) is 5.13. The van der Waals surface area contributed by atoms with Crippen LogP contribution in [0.2, 0.25) is 0 Å². The molecule has 7 heteroatoms. The van der Waals surface area contributed by atoms with E-state index in [-0.39, 0.29) is 6.04 Å². The first-order chi connectivity index (χ1) is 10.3. The number of rotatable bonds is 4. The van der Waals surface area contributed by atoms with Crippen LogP contribution >= 0.6 is 0 Å². The average molecular weight is 288 g/mol. The van der Waals surface area contributed by atoms with Gasteiger partial charge in [-0.15, -0.1) is 0 Å². The van der Waals surface area contributed by atoms with Gasteiger partial charge >= 0.3 is 0 Å². The van der Waals surface area contributed by atoms with Crippen molar-refractivity contribution < 1.29 is 4.74 Å². The maximum Gasteiger partial charge on any atom is 0.218 e. The van der Waals surface area contributed by atoms with Crippen molar-refractivity contribution in [2.24, 2.45) is 0 Å². The number of nitrogens with zero attached hydrogens (tertiary/aromatic N) is 5. The van der Waals surface area contributed by atoms with Gasteiger partial charge in [0.15, 0.2) is 5.82 Å². The quantitative estimate of drug-likeness (QED) is 0.927. The molecule has 0 spiro atoms. The van der Waals surface area contributed by atoms with E-state index in [1.165, 1.54) is 6.42 Å². The zero-order chi connectivity index (χ0) is 14.7. The first-order valence-electron chi connectivity index (χ1n) is 7.38. The summed E-state index contributed by atoms with van der Waals surface area (Å²) in [5.74, 6) is 3.16. The number of ether oxygens (including phenoxy) is 1. The van der Waals surface area contributed by atoms with Crippen LogP contribution in [-0.2, 0) is 0 Å². The van der Waals surface area contributed by atoms with Gasteiger partial charge in [-0.3, -0.25) is 5.10 Å². The second kappa shape index (κ2) is 6.07. The van der Waals surface area contributed by atoms with E-state index in [0.717, 1.165) is 36.9 Å². The molecule has 1 N–H and O–H groups in total.